The van der Waals surface area contributed by atoms with Crippen LogP contribution in [0.25, 0.3) is 0 Å². The second-order valence-electron chi connectivity index (χ2n) is 7.92. The average molecular weight is 441 g/mol. The maximum absolute atomic E-state index is 12.9. The number of hydrogen-bond donors (Lipinski definition) is 1. The van der Waals surface area contributed by atoms with Crippen LogP contribution in [0.2, 0.25) is 0 Å². The highest BCUT2D eigenvalue weighted by molar-refractivity contribution is 8.05. The van der Waals surface area contributed by atoms with Gasteiger partial charge in [0.05, 0.1) is 5.37 Å². The molecule has 1 saturated heterocycles. The molecule has 9 heteroatoms. The Morgan fingerprint density at radius 1 is 1.21 bits per heavy atom. The van der Waals surface area contributed by atoms with Crippen LogP contribution < -0.4 is 10.2 Å². The number of amides is 1. The van der Waals surface area contributed by atoms with Crippen molar-refractivity contribution in [2.24, 2.45) is 5.92 Å². The molecule has 1 aliphatic rings. The third kappa shape index (κ3) is 5.48. The van der Waals surface area contributed by atoms with Gasteiger partial charge in [-0.2, -0.15) is 15.0 Å². The fourth-order valence-corrected chi connectivity index (χ4v) is 6.37. The maximum Gasteiger partial charge on any atom is 0.231 e. The Kier molecular flexibility index (Phi) is 8.46. The van der Waals surface area contributed by atoms with Crippen molar-refractivity contribution in [1.29, 1.82) is 0 Å². The van der Waals surface area contributed by atoms with Crippen molar-refractivity contribution in [3.05, 3.63) is 0 Å². The van der Waals surface area contributed by atoms with Crippen molar-refractivity contribution < 1.29 is 4.79 Å². The van der Waals surface area contributed by atoms with E-state index in [9.17, 15) is 4.79 Å². The van der Waals surface area contributed by atoms with Gasteiger partial charge in [-0.25, -0.2) is 0 Å². The van der Waals surface area contributed by atoms with E-state index in [-0.39, 0.29) is 21.4 Å². The minimum absolute atomic E-state index is 0.0335. The van der Waals surface area contributed by atoms with Crippen LogP contribution in [0, 0.1) is 5.92 Å². The molecule has 1 aliphatic heterocycles. The van der Waals surface area contributed by atoms with Crippen LogP contribution in [-0.2, 0) is 4.79 Å². The van der Waals surface area contributed by atoms with Gasteiger partial charge in [0.2, 0.25) is 17.8 Å². The van der Waals surface area contributed by atoms with Gasteiger partial charge in [0.15, 0.2) is 5.16 Å². The van der Waals surface area contributed by atoms with Crippen molar-refractivity contribution in [3.8, 4) is 0 Å². The summed E-state index contributed by atoms with van der Waals surface area (Å²) in [5.74, 6) is 1.83. The summed E-state index contributed by atoms with van der Waals surface area (Å²) in [6, 6.07) is 0. The van der Waals surface area contributed by atoms with Crippen LogP contribution in [-0.4, -0.2) is 60.9 Å². The number of anilines is 2. The van der Waals surface area contributed by atoms with Crippen molar-refractivity contribution in [3.63, 3.8) is 0 Å². The van der Waals surface area contributed by atoms with Crippen molar-refractivity contribution in [2.75, 3.05) is 29.9 Å². The monoisotopic (exact) mass is 440 g/mol. The van der Waals surface area contributed by atoms with Crippen LogP contribution in [0.15, 0.2) is 5.16 Å². The minimum atomic E-state index is -0.106. The van der Waals surface area contributed by atoms with Gasteiger partial charge < -0.3 is 15.1 Å². The summed E-state index contributed by atoms with van der Waals surface area (Å²) in [5.41, 5.74) is 0. The quantitative estimate of drug-likeness (QED) is 0.609. The first-order valence-corrected chi connectivity index (χ1v) is 12.3. The number of aromatic nitrogens is 3. The highest BCUT2D eigenvalue weighted by atomic mass is 32.2. The van der Waals surface area contributed by atoms with Crippen LogP contribution >= 0.6 is 23.5 Å². The van der Waals surface area contributed by atoms with Gasteiger partial charge >= 0.3 is 0 Å². The van der Waals surface area contributed by atoms with E-state index in [2.05, 4.69) is 66.6 Å². The Hall–Kier alpha value is -1.22. The van der Waals surface area contributed by atoms with Gasteiger partial charge in [0, 0.05) is 30.8 Å². The van der Waals surface area contributed by atoms with E-state index in [4.69, 9.17) is 4.98 Å². The summed E-state index contributed by atoms with van der Waals surface area (Å²) in [6.45, 7) is 19.3. The molecule has 7 nitrogen and oxygen atoms in total. The largest absolute Gasteiger partial charge is 0.354 e. The summed E-state index contributed by atoms with van der Waals surface area (Å²) in [7, 11) is 0. The lowest BCUT2D eigenvalue weighted by atomic mass is 10.1. The Bertz CT molecular complexity index is 696. The molecule has 2 atom stereocenters. The number of nitrogens with one attached hydrogen (secondary N) is 1. The SMILES string of the molecule is CCNc1nc(SC2N(C(=O)CC)C(C(C)C)SC2(C)C)nc(N(CC)CC)n1. The smallest absolute Gasteiger partial charge is 0.231 e. The Balaban J connectivity index is 2.44. The van der Waals surface area contributed by atoms with Gasteiger partial charge in [-0.1, -0.05) is 32.5 Å². The number of carbonyl (C=O) groups is 1. The van der Waals surface area contributed by atoms with Crippen LogP contribution in [0.4, 0.5) is 11.9 Å². The van der Waals surface area contributed by atoms with Gasteiger partial charge in [0.1, 0.15) is 5.37 Å². The highest BCUT2D eigenvalue weighted by Crippen LogP contribution is 2.52. The molecule has 0 radical (unpaired) electrons. The third-order valence-corrected chi connectivity index (χ3v) is 8.33. The average Bonchev–Trinajstić information content (AvgIpc) is 2.93. The molecule has 0 bridgehead atoms. The van der Waals surface area contributed by atoms with E-state index in [1.807, 2.05) is 25.6 Å². The number of thioether (sulfide) groups is 2. The van der Waals surface area contributed by atoms with Gasteiger partial charge in [-0.15, -0.1) is 11.8 Å². The zero-order valence-corrected chi connectivity index (χ0v) is 20.7. The molecule has 2 heterocycles. The molecule has 0 aliphatic carbocycles. The standard InChI is InChI=1S/C20H36N6OS2/c1-9-14(27)26-15(13(5)6)29-20(7,8)16(26)28-19-23-17(21-10-2)22-18(24-19)25(11-3)12-4/h13,15-16H,9-12H2,1-8H3,(H,21,22,23,24). The molecule has 1 fully saturated rings. The molecule has 0 aromatic carbocycles. The first-order valence-electron chi connectivity index (χ1n) is 10.6. The second-order valence-corrected chi connectivity index (χ2v) is 10.7. The Morgan fingerprint density at radius 2 is 1.86 bits per heavy atom. The van der Waals surface area contributed by atoms with Crippen LogP contribution in [0.1, 0.15) is 61.8 Å². The highest BCUT2D eigenvalue weighted by Gasteiger charge is 2.50. The molecule has 1 aromatic heterocycles. The first kappa shape index (κ1) is 24.1. The molecule has 0 saturated carbocycles. The predicted molar refractivity (Wildman–Crippen MR) is 125 cm³/mol. The molecule has 1 aromatic rings. The summed E-state index contributed by atoms with van der Waals surface area (Å²) in [6.07, 6.45) is 0.501. The molecule has 164 valence electrons. The first-order chi connectivity index (χ1) is 13.7. The fraction of sp³-hybridized carbons (Fsp3) is 0.800. The molecule has 0 spiro atoms. The summed E-state index contributed by atoms with van der Waals surface area (Å²) < 4.78 is -0.106. The van der Waals surface area contributed by atoms with Gasteiger partial charge in [0.25, 0.3) is 0 Å². The zero-order chi connectivity index (χ0) is 21.8. The second kappa shape index (κ2) is 10.2. The Labute approximate surface area is 184 Å². The normalized spacial score (nSPS) is 20.9. The molecule has 1 N–H and O–H groups in total. The molecule has 1 amide bonds. The topological polar surface area (TPSA) is 74.2 Å². The summed E-state index contributed by atoms with van der Waals surface area (Å²) in [5, 5.41) is 4.01. The van der Waals surface area contributed by atoms with E-state index >= 15 is 0 Å². The zero-order valence-electron chi connectivity index (χ0n) is 19.0. The van der Waals surface area contributed by atoms with E-state index in [1.165, 1.54) is 0 Å². The van der Waals surface area contributed by atoms with Crippen LogP contribution in [0.5, 0.6) is 0 Å². The molecule has 2 rings (SSSR count). The number of rotatable bonds is 9. The van der Waals surface area contributed by atoms with Crippen molar-refractivity contribution in [2.45, 2.75) is 82.5 Å². The Morgan fingerprint density at radius 3 is 2.38 bits per heavy atom. The predicted octanol–water partition coefficient (Wildman–Crippen LogP) is 4.31. The molecule has 2 unspecified atom stereocenters. The minimum Gasteiger partial charge on any atom is -0.354 e. The van der Waals surface area contributed by atoms with E-state index < -0.39 is 0 Å². The lowest BCUT2D eigenvalue weighted by Gasteiger charge is -2.33. The lowest BCUT2D eigenvalue weighted by Crippen LogP contribution is -2.45. The van der Waals surface area contributed by atoms with E-state index in [1.54, 1.807) is 11.8 Å². The van der Waals surface area contributed by atoms with Crippen molar-refractivity contribution >= 4 is 41.3 Å². The molecular weight excluding hydrogens is 404 g/mol. The number of carbonyl (C=O) groups excluding carboxylic acids is 1. The molecular formula is C20H36N6OS2. The van der Waals surface area contributed by atoms with E-state index in [0.29, 0.717) is 29.4 Å². The molecule has 29 heavy (non-hydrogen) atoms. The number of hydrogen-bond acceptors (Lipinski definition) is 8. The van der Waals surface area contributed by atoms with Gasteiger partial charge in [-0.05, 0) is 40.5 Å². The summed E-state index contributed by atoms with van der Waals surface area (Å²) in [4.78, 5) is 31.0. The van der Waals surface area contributed by atoms with Crippen LogP contribution in [0.3, 0.4) is 0 Å². The van der Waals surface area contributed by atoms with Gasteiger partial charge in [-0.3, -0.25) is 4.79 Å². The third-order valence-electron chi connectivity index (χ3n) is 4.91. The number of nitrogens with zero attached hydrogens (tertiary/aromatic N) is 5. The summed E-state index contributed by atoms with van der Waals surface area (Å²) >= 11 is 3.46. The lowest BCUT2D eigenvalue weighted by molar-refractivity contribution is -0.132. The fourth-order valence-electron chi connectivity index (χ4n) is 3.39. The maximum atomic E-state index is 12.9. The van der Waals surface area contributed by atoms with Crippen molar-refractivity contribution in [1.82, 2.24) is 19.9 Å². The van der Waals surface area contributed by atoms with E-state index in [0.717, 1.165) is 19.6 Å².